The Labute approximate surface area is 106 Å². The smallest absolute Gasteiger partial charge is 0.0381 e. The molecule has 0 N–H and O–H groups in total. The Balaban J connectivity index is 2.44. The van der Waals surface area contributed by atoms with Crippen LogP contribution in [0.1, 0.15) is 10.4 Å². The Morgan fingerprint density at radius 1 is 1.50 bits per heavy atom. The number of thiol groups is 1. The van der Waals surface area contributed by atoms with E-state index in [4.69, 9.17) is 0 Å². The Bertz CT molecular complexity index is 547. The van der Waals surface area contributed by atoms with Crippen LogP contribution in [0.2, 0.25) is 0 Å². The van der Waals surface area contributed by atoms with Crippen molar-refractivity contribution in [3.8, 4) is 0 Å². The van der Waals surface area contributed by atoms with Gasteiger partial charge in [0.2, 0.25) is 0 Å². The van der Waals surface area contributed by atoms with Gasteiger partial charge in [0, 0.05) is 16.0 Å². The van der Waals surface area contributed by atoms with Gasteiger partial charge in [-0.25, -0.2) is 0 Å². The van der Waals surface area contributed by atoms with Crippen LogP contribution in [0.3, 0.4) is 0 Å². The van der Waals surface area contributed by atoms with Crippen molar-refractivity contribution in [2.24, 2.45) is 0 Å². The van der Waals surface area contributed by atoms with Crippen LogP contribution >= 0.6 is 24.0 Å². The molecule has 0 saturated carbocycles. The SMILES string of the molecule is C=C/C=C(\S)Cc1cccc2cc(C)sc12. The first-order chi connectivity index (χ1) is 7.70. The highest BCUT2D eigenvalue weighted by molar-refractivity contribution is 7.84. The van der Waals surface area contributed by atoms with Gasteiger partial charge in [-0.2, -0.15) is 0 Å². The van der Waals surface area contributed by atoms with E-state index in [9.17, 15) is 0 Å². The Morgan fingerprint density at radius 3 is 3.06 bits per heavy atom. The van der Waals surface area contributed by atoms with Crippen LogP contribution in [-0.2, 0) is 6.42 Å². The number of benzene rings is 1. The van der Waals surface area contributed by atoms with Crippen LogP contribution in [0.15, 0.2) is 47.9 Å². The zero-order valence-corrected chi connectivity index (χ0v) is 10.9. The highest BCUT2D eigenvalue weighted by Crippen LogP contribution is 2.29. The third-order valence-electron chi connectivity index (χ3n) is 2.43. The first kappa shape index (κ1) is 11.5. The predicted molar refractivity (Wildman–Crippen MR) is 77.5 cm³/mol. The zero-order chi connectivity index (χ0) is 11.5. The fraction of sp³-hybridized carbons (Fsp3) is 0.143. The first-order valence-corrected chi connectivity index (χ1v) is 6.45. The molecule has 1 aromatic carbocycles. The summed E-state index contributed by atoms with van der Waals surface area (Å²) in [5.74, 6) is 0. The maximum atomic E-state index is 4.45. The number of hydrogen-bond acceptors (Lipinski definition) is 2. The van der Waals surface area contributed by atoms with Crippen molar-refractivity contribution in [3.05, 3.63) is 58.3 Å². The van der Waals surface area contributed by atoms with Crippen molar-refractivity contribution < 1.29 is 0 Å². The van der Waals surface area contributed by atoms with E-state index in [1.807, 2.05) is 17.4 Å². The van der Waals surface area contributed by atoms with Gasteiger partial charge in [-0.3, -0.25) is 0 Å². The average molecular weight is 246 g/mol. The summed E-state index contributed by atoms with van der Waals surface area (Å²) in [4.78, 5) is 2.41. The molecule has 0 aliphatic carbocycles. The summed E-state index contributed by atoms with van der Waals surface area (Å²) in [5.41, 5.74) is 1.35. The number of rotatable bonds is 3. The molecule has 2 rings (SSSR count). The molecule has 16 heavy (non-hydrogen) atoms. The largest absolute Gasteiger partial charge is 0.148 e. The van der Waals surface area contributed by atoms with E-state index in [2.05, 4.69) is 50.4 Å². The summed E-state index contributed by atoms with van der Waals surface area (Å²) in [6, 6.07) is 8.68. The molecule has 1 aromatic heterocycles. The molecule has 0 amide bonds. The predicted octanol–water partition coefficient (Wildman–Crippen LogP) is 4.75. The number of aryl methyl sites for hydroxylation is 1. The zero-order valence-electron chi connectivity index (χ0n) is 9.23. The lowest BCUT2D eigenvalue weighted by Crippen LogP contribution is -1.84. The van der Waals surface area contributed by atoms with Crippen LogP contribution in [0.4, 0.5) is 0 Å². The van der Waals surface area contributed by atoms with Gasteiger partial charge in [0.05, 0.1) is 0 Å². The lowest BCUT2D eigenvalue weighted by atomic mass is 10.1. The van der Waals surface area contributed by atoms with Gasteiger partial charge in [-0.05, 0) is 28.8 Å². The summed E-state index contributed by atoms with van der Waals surface area (Å²) in [5, 5.41) is 1.33. The Hall–Kier alpha value is -0.990. The second-order valence-corrected chi connectivity index (χ2v) is 5.59. The van der Waals surface area contributed by atoms with Crippen molar-refractivity contribution in [3.63, 3.8) is 0 Å². The van der Waals surface area contributed by atoms with Crippen molar-refractivity contribution in [2.45, 2.75) is 13.3 Å². The van der Waals surface area contributed by atoms with Gasteiger partial charge >= 0.3 is 0 Å². The van der Waals surface area contributed by atoms with E-state index >= 15 is 0 Å². The lowest BCUT2D eigenvalue weighted by molar-refractivity contribution is 1.29. The maximum absolute atomic E-state index is 4.45. The number of allylic oxidation sites excluding steroid dienone is 3. The fourth-order valence-corrected chi connectivity index (χ4v) is 3.08. The molecule has 0 spiro atoms. The maximum Gasteiger partial charge on any atom is 0.0381 e. The third-order valence-corrected chi connectivity index (χ3v) is 3.88. The summed E-state index contributed by atoms with van der Waals surface area (Å²) in [7, 11) is 0. The average Bonchev–Trinajstić information content (AvgIpc) is 2.60. The van der Waals surface area contributed by atoms with E-state index in [-0.39, 0.29) is 0 Å². The van der Waals surface area contributed by atoms with Crippen molar-refractivity contribution in [1.82, 2.24) is 0 Å². The van der Waals surface area contributed by atoms with Crippen LogP contribution in [0, 0.1) is 6.92 Å². The summed E-state index contributed by atoms with van der Waals surface area (Å²) in [6.45, 7) is 5.83. The van der Waals surface area contributed by atoms with Gasteiger partial charge in [0.15, 0.2) is 0 Å². The van der Waals surface area contributed by atoms with E-state index in [0.717, 1.165) is 11.3 Å². The number of fused-ring (bicyclic) bond motifs is 1. The minimum atomic E-state index is 0.881. The molecule has 0 aliphatic heterocycles. The Morgan fingerprint density at radius 2 is 2.31 bits per heavy atom. The molecule has 1 heterocycles. The second-order valence-electron chi connectivity index (χ2n) is 3.76. The summed E-state index contributed by atoms with van der Waals surface area (Å²) < 4.78 is 1.38. The van der Waals surface area contributed by atoms with Crippen molar-refractivity contribution in [1.29, 1.82) is 0 Å². The van der Waals surface area contributed by atoms with E-state index in [0.29, 0.717) is 0 Å². The first-order valence-electron chi connectivity index (χ1n) is 5.19. The molecule has 0 atom stereocenters. The van der Waals surface area contributed by atoms with E-state index in [1.165, 1.54) is 20.5 Å². The molecule has 0 saturated heterocycles. The minimum absolute atomic E-state index is 0.881. The number of hydrogen-bond donors (Lipinski definition) is 1. The Kier molecular flexibility index (Phi) is 3.52. The lowest BCUT2D eigenvalue weighted by Gasteiger charge is -2.02. The number of thiophene rings is 1. The van der Waals surface area contributed by atoms with E-state index in [1.54, 1.807) is 6.08 Å². The highest BCUT2D eigenvalue weighted by atomic mass is 32.1. The van der Waals surface area contributed by atoms with Crippen LogP contribution in [0.25, 0.3) is 10.1 Å². The topological polar surface area (TPSA) is 0 Å². The monoisotopic (exact) mass is 246 g/mol. The molecule has 0 nitrogen and oxygen atoms in total. The molecular formula is C14H14S2. The molecular weight excluding hydrogens is 232 g/mol. The molecule has 0 radical (unpaired) electrons. The molecule has 2 aromatic rings. The minimum Gasteiger partial charge on any atom is -0.148 e. The third kappa shape index (κ3) is 2.39. The molecule has 0 bridgehead atoms. The second kappa shape index (κ2) is 4.89. The van der Waals surface area contributed by atoms with Gasteiger partial charge in [0.1, 0.15) is 0 Å². The van der Waals surface area contributed by atoms with Crippen LogP contribution in [0.5, 0.6) is 0 Å². The molecule has 0 aliphatic rings. The van der Waals surface area contributed by atoms with Gasteiger partial charge in [0.25, 0.3) is 0 Å². The quantitative estimate of drug-likeness (QED) is 0.586. The normalized spacial score (nSPS) is 12.0. The van der Waals surface area contributed by atoms with Gasteiger partial charge < -0.3 is 0 Å². The van der Waals surface area contributed by atoms with Gasteiger partial charge in [-0.1, -0.05) is 36.9 Å². The molecule has 0 fully saturated rings. The summed E-state index contributed by atoms with van der Waals surface area (Å²) >= 11 is 6.30. The highest BCUT2D eigenvalue weighted by Gasteiger charge is 2.04. The van der Waals surface area contributed by atoms with E-state index < -0.39 is 0 Å². The summed E-state index contributed by atoms with van der Waals surface area (Å²) in [6.07, 6.45) is 4.61. The molecule has 2 heteroatoms. The van der Waals surface area contributed by atoms with Crippen molar-refractivity contribution >= 4 is 34.1 Å². The fourth-order valence-electron chi connectivity index (χ4n) is 1.78. The van der Waals surface area contributed by atoms with Crippen LogP contribution in [-0.4, -0.2) is 0 Å². The molecule has 0 unspecified atom stereocenters. The standard InChI is InChI=1S/C14H14S2/c1-3-5-13(15)9-12-7-4-6-11-8-10(2)16-14(11)12/h3-8,15H,1,9H2,2H3/b13-5-. The van der Waals surface area contributed by atoms with Gasteiger partial charge in [-0.15, -0.1) is 24.0 Å². The van der Waals surface area contributed by atoms with Crippen LogP contribution < -0.4 is 0 Å². The van der Waals surface area contributed by atoms with Crippen molar-refractivity contribution in [2.75, 3.05) is 0 Å². The molecule has 82 valence electrons.